The van der Waals surface area contributed by atoms with Gasteiger partial charge in [-0.05, 0) is 394 Å². The van der Waals surface area contributed by atoms with E-state index in [4.69, 9.17) is 20.1 Å². The van der Waals surface area contributed by atoms with Crippen LogP contribution < -0.4 is 0 Å². The highest BCUT2D eigenvalue weighted by molar-refractivity contribution is 5.98. The van der Waals surface area contributed by atoms with Crippen LogP contribution in [-0.4, -0.2) is 147 Å². The van der Waals surface area contributed by atoms with Crippen molar-refractivity contribution in [2.45, 2.75) is 315 Å². The Balaban J connectivity index is 0.0000000940. The van der Waals surface area contributed by atoms with Gasteiger partial charge in [0.05, 0.1) is 62.5 Å². The molecule has 25 nitrogen and oxygen atoms in total. The maximum atomic E-state index is 11.9. The van der Waals surface area contributed by atoms with Gasteiger partial charge in [-0.15, -0.1) is 0 Å². The van der Waals surface area contributed by atoms with E-state index in [0.29, 0.717) is 219 Å². The molecule has 0 spiro atoms. The van der Waals surface area contributed by atoms with E-state index >= 15 is 0 Å². The molecule has 35 saturated carbocycles. The quantitative estimate of drug-likeness (QED) is 0.0917. The lowest BCUT2D eigenvalue weighted by molar-refractivity contribution is -0.187. The van der Waals surface area contributed by atoms with Crippen LogP contribution in [0.15, 0.2) is 0 Å². The summed E-state index contributed by atoms with van der Waals surface area (Å²) in [6.45, 7) is 6.66. The van der Waals surface area contributed by atoms with Gasteiger partial charge in [0.15, 0.2) is 0 Å². The molecule has 9 N–H and O–H groups in total. The number of rotatable bonds is 10. The third-order valence-electron chi connectivity index (χ3n) is 42.1. The van der Waals surface area contributed by atoms with Crippen molar-refractivity contribution in [2.24, 2.45) is 234 Å². The van der Waals surface area contributed by atoms with Gasteiger partial charge in [0.25, 0.3) is 0 Å². The molecular weight excluding hydrogens is 1660 g/mol. The first kappa shape index (κ1) is 92.3. The SMILES string of the molecule is CC1CCC2CC(C)CC(C(=O)O)(C1)C2.CCOC(=O)C12CCC(C(=O)O)(CC1)CC2.O=C(O)C12CC3CC(C1)CC(C(=O)O)(C3)C2.O=C(O)C12CC3CC(CC(C3)C1)C2.O=C(O)C1C2CC3C(C2=O)C31.O=C(O)C1CC2C(C1)C1CC(C(=O)O)CC21.O=C1C2CC3C(C2)C13.O=C1C2CC3CC(C2)CC1C3.O=C1C2CC3CC1CC(O)(C3)C2.O=C1CCC2C1C1CCC(=O)C21. The normalized spacial score (nSPS) is 50.4. The van der Waals surface area contributed by atoms with Gasteiger partial charge in [0.1, 0.15) is 34.7 Å². The number of carboxylic acid groups (broad SMARTS) is 8. The third-order valence-corrected chi connectivity index (χ3v) is 42.1. The van der Waals surface area contributed by atoms with E-state index in [9.17, 15) is 103 Å². The molecule has 0 saturated heterocycles. The molecule has 35 rings (SSSR count). The fourth-order valence-electron chi connectivity index (χ4n) is 37.5. The number of aliphatic carboxylic acids is 8. The van der Waals surface area contributed by atoms with Crippen LogP contribution in [0.25, 0.3) is 0 Å². The summed E-state index contributed by atoms with van der Waals surface area (Å²) in [6.07, 6.45) is 42.6. The lowest BCUT2D eigenvalue weighted by atomic mass is 9.44. The van der Waals surface area contributed by atoms with Crippen LogP contribution >= 0.6 is 0 Å². The number of ketones is 6. The Kier molecular flexibility index (Phi) is 24.3. The van der Waals surface area contributed by atoms with Crippen molar-refractivity contribution in [1.82, 2.24) is 0 Å². The van der Waals surface area contributed by atoms with Crippen molar-refractivity contribution < 1.29 is 123 Å². The van der Waals surface area contributed by atoms with Crippen molar-refractivity contribution >= 4 is 88.4 Å². The maximum Gasteiger partial charge on any atom is 0.312 e. The van der Waals surface area contributed by atoms with Crippen LogP contribution in [0.4, 0.5) is 0 Å². The average Bonchev–Trinajstić information content (AvgIpc) is 1.50. The van der Waals surface area contributed by atoms with E-state index in [0.717, 1.165) is 176 Å². The second-order valence-corrected chi connectivity index (χ2v) is 49.8. The number of esters is 1. The summed E-state index contributed by atoms with van der Waals surface area (Å²) >= 11 is 0. The summed E-state index contributed by atoms with van der Waals surface area (Å²) < 4.78 is 5.11. The zero-order valence-corrected chi connectivity index (χ0v) is 76.7. The molecule has 35 aliphatic carbocycles. The maximum absolute atomic E-state index is 11.9. The van der Waals surface area contributed by atoms with E-state index in [2.05, 4.69) is 13.8 Å². The Bertz CT molecular complexity index is 4320. The molecule has 0 aromatic carbocycles. The molecule has 130 heavy (non-hydrogen) atoms. The van der Waals surface area contributed by atoms with Gasteiger partial charge in [0, 0.05) is 72.0 Å². The van der Waals surface area contributed by atoms with Crippen molar-refractivity contribution in [3.05, 3.63) is 0 Å². The molecule has 35 fully saturated rings. The number of aliphatic hydroxyl groups is 1. The summed E-state index contributed by atoms with van der Waals surface area (Å²) in [5.41, 5.74) is -3.45. The Morgan fingerprint density at radius 3 is 1.05 bits per heavy atom. The molecule has 25 heteroatoms. The van der Waals surface area contributed by atoms with Crippen molar-refractivity contribution in [3.63, 3.8) is 0 Å². The molecule has 0 heterocycles. The highest BCUT2D eigenvalue weighted by Crippen LogP contribution is 2.73. The molecule has 714 valence electrons. The summed E-state index contributed by atoms with van der Waals surface area (Å²) in [7, 11) is 0. The van der Waals surface area contributed by atoms with E-state index in [-0.39, 0.29) is 75.3 Å². The second-order valence-electron chi connectivity index (χ2n) is 49.8. The molecule has 0 aromatic heterocycles. The Labute approximate surface area is 762 Å². The van der Waals surface area contributed by atoms with Gasteiger partial charge < -0.3 is 50.7 Å². The summed E-state index contributed by atoms with van der Waals surface area (Å²) in [4.78, 5) is 169. The average molecular weight is 1810 g/mol. The van der Waals surface area contributed by atoms with E-state index in [1.54, 1.807) is 0 Å². The van der Waals surface area contributed by atoms with Gasteiger partial charge in [-0.25, -0.2) is 0 Å². The van der Waals surface area contributed by atoms with Gasteiger partial charge in [-0.2, -0.15) is 0 Å². The molecular formula is C105H144O25. The van der Waals surface area contributed by atoms with Gasteiger partial charge in [-0.3, -0.25) is 71.9 Å². The number of carbonyl (C=O) groups excluding carboxylic acids is 7. The zero-order chi connectivity index (χ0) is 92.0. The first-order valence-corrected chi connectivity index (χ1v) is 51.6. The van der Waals surface area contributed by atoms with Crippen LogP contribution in [-0.2, 0) is 76.7 Å². The Morgan fingerprint density at radius 2 is 0.692 bits per heavy atom. The van der Waals surface area contributed by atoms with Gasteiger partial charge >= 0.3 is 53.7 Å². The minimum absolute atomic E-state index is 0.104. The molecule has 0 aliphatic heterocycles. The minimum Gasteiger partial charge on any atom is -0.481 e. The summed E-state index contributed by atoms with van der Waals surface area (Å²) in [5.74, 6) is 12.7. The number of carboxylic acids is 8. The predicted molar refractivity (Wildman–Crippen MR) is 465 cm³/mol. The molecule has 13 atom stereocenters. The number of Topliss-reactive ketones (excluding diaryl/α,β-unsaturated/α-hetero) is 6. The van der Waals surface area contributed by atoms with E-state index < -0.39 is 69.6 Å². The van der Waals surface area contributed by atoms with Crippen LogP contribution in [0.5, 0.6) is 0 Å². The Hall–Kier alpha value is -6.79. The van der Waals surface area contributed by atoms with E-state index in [1.807, 2.05) is 6.92 Å². The highest BCUT2D eigenvalue weighted by Gasteiger charge is 2.76. The molecule has 0 amide bonds. The van der Waals surface area contributed by atoms with Crippen LogP contribution in [0.3, 0.4) is 0 Å². The van der Waals surface area contributed by atoms with Crippen LogP contribution in [0.2, 0.25) is 0 Å². The molecule has 28 bridgehead atoms. The summed E-state index contributed by atoms with van der Waals surface area (Å²) in [5, 5.41) is 83.6. The van der Waals surface area contributed by atoms with E-state index in [1.165, 1.54) is 83.5 Å². The molecule has 35 aliphatic rings. The fraction of sp³-hybridized carbons (Fsp3) is 0.857. The van der Waals surface area contributed by atoms with Gasteiger partial charge in [0.2, 0.25) is 0 Å². The number of fused-ring (bicyclic) bond motifs is 13. The number of hydrogen-bond acceptors (Lipinski definition) is 17. The smallest absolute Gasteiger partial charge is 0.312 e. The first-order valence-electron chi connectivity index (χ1n) is 51.6. The standard InChI is InChI=1S/C13H22O2.2C12H16O4.C12H18O4.C11H16O2.C10H14O2.C10H12O2.C10H14O.C8H8O3.C7H8O/c1-9-3-4-11-5-10(2)7-13(6-9,8-11)12(14)15;13-9(14)11-2-7-1-8(4-11)5-12(3-7,6-11)10(15)16;13-11(14)5-1-7-8(2-5)10-4-6(12(15)16)3-9(7)10;1-2-16-10(15)12-6-3-11(4-7-12,5-8-12)9(13)14;12-10(13)11-4-7-1-8(5-11)3-9(2-7)6-11;11-9-7-1-6-2-8(9)5-10(12,3-6)4-7;11-7-3-1-5-9(7)6-2-4-8(12)10(5)6;11-10-8-2-6-1-7(4-8)5-9(10)3-6;9-7-3-1-2-4(5(2)7)6(3)8(10)11;8-7-3-1-4-5(2-3)6(4)7/h9-11H,3-8H2,1-2H3,(H,14,15);7-8H,1-6H2,(H,13,14)(H,15,16);5-10H,1-4H2,(H,13,14)(H,15,16);2-8H2,1H3,(H,13,14);7-9H,1-6H2,(H,12,13);6-8,12H,1-5H2;5-6,9-10H,1-4H2;6-9H,1-5H2;2-6H,1H2,(H,10,11);3-6H,1-2H2. The number of ether oxygens (including phenoxy) is 1. The second kappa shape index (κ2) is 34.2. The lowest BCUT2D eigenvalue weighted by Crippen LogP contribution is -2.57. The van der Waals surface area contributed by atoms with Crippen molar-refractivity contribution in [3.8, 4) is 0 Å². The number of carbonyl (C=O) groups is 15. The first-order chi connectivity index (χ1) is 61.6. The monoisotopic (exact) mass is 1800 g/mol. The lowest BCUT2D eigenvalue weighted by Gasteiger charge is -2.58. The van der Waals surface area contributed by atoms with Crippen molar-refractivity contribution in [1.29, 1.82) is 0 Å². The molecule has 0 aromatic rings. The molecule has 13 unspecified atom stereocenters. The molecule has 0 radical (unpaired) electrons. The summed E-state index contributed by atoms with van der Waals surface area (Å²) in [6, 6.07) is 0. The third kappa shape index (κ3) is 16.4. The predicted octanol–water partition coefficient (Wildman–Crippen LogP) is 16.1. The van der Waals surface area contributed by atoms with Crippen molar-refractivity contribution in [2.75, 3.05) is 6.61 Å². The fourth-order valence-corrected chi connectivity index (χ4v) is 37.5. The van der Waals surface area contributed by atoms with Crippen LogP contribution in [0, 0.1) is 234 Å². The highest BCUT2D eigenvalue weighted by atomic mass is 16.5. The largest absolute Gasteiger partial charge is 0.481 e. The van der Waals surface area contributed by atoms with Gasteiger partial charge in [-0.1, -0.05) is 26.7 Å². The Morgan fingerprint density at radius 1 is 0.308 bits per heavy atom. The number of hydrogen-bond donors (Lipinski definition) is 9. The minimum atomic E-state index is -0.771. The zero-order valence-electron chi connectivity index (χ0n) is 76.7. The van der Waals surface area contributed by atoms with Crippen LogP contribution in [0.1, 0.15) is 310 Å². The topological polar surface area (TPSA) is 447 Å².